The van der Waals surface area contributed by atoms with Gasteiger partial charge in [-0.05, 0) is 44.2 Å². The summed E-state index contributed by atoms with van der Waals surface area (Å²) in [4.78, 5) is 6.82. The SMILES string of the molecule is COc1ccc(OCCc2c(C)noc2C)cc1CN1CCOC(c2ccccn2)C1. The topological polar surface area (TPSA) is 69.9 Å². The van der Waals surface area contributed by atoms with Crippen molar-refractivity contribution in [2.24, 2.45) is 0 Å². The molecule has 7 heteroatoms. The maximum atomic E-state index is 6.03. The molecule has 3 aromatic rings. The van der Waals surface area contributed by atoms with Gasteiger partial charge in [0, 0.05) is 43.4 Å². The van der Waals surface area contributed by atoms with Crippen LogP contribution in [0.2, 0.25) is 0 Å². The molecule has 0 amide bonds. The second kappa shape index (κ2) is 9.94. The number of rotatable bonds is 8. The van der Waals surface area contributed by atoms with E-state index in [0.29, 0.717) is 13.2 Å². The Balaban J connectivity index is 1.40. The van der Waals surface area contributed by atoms with Gasteiger partial charge in [0.05, 0.1) is 31.7 Å². The van der Waals surface area contributed by atoms with Gasteiger partial charge in [0.25, 0.3) is 0 Å². The molecule has 1 fully saturated rings. The van der Waals surface area contributed by atoms with Crippen molar-refractivity contribution in [3.8, 4) is 11.5 Å². The Labute approximate surface area is 182 Å². The van der Waals surface area contributed by atoms with Crippen molar-refractivity contribution < 1.29 is 18.7 Å². The average molecular weight is 424 g/mol. The van der Waals surface area contributed by atoms with Crippen LogP contribution in [0.1, 0.15) is 34.4 Å². The van der Waals surface area contributed by atoms with E-state index in [1.165, 1.54) is 0 Å². The molecule has 0 N–H and O–H groups in total. The van der Waals surface area contributed by atoms with Gasteiger partial charge < -0.3 is 18.7 Å². The van der Waals surface area contributed by atoms with E-state index in [-0.39, 0.29) is 6.10 Å². The number of aryl methyl sites for hydroxylation is 2. The fourth-order valence-corrected chi connectivity index (χ4v) is 3.93. The summed E-state index contributed by atoms with van der Waals surface area (Å²) < 4.78 is 22.8. The lowest BCUT2D eigenvalue weighted by atomic mass is 10.1. The Morgan fingerprint density at radius 3 is 2.84 bits per heavy atom. The number of ether oxygens (including phenoxy) is 3. The van der Waals surface area contributed by atoms with E-state index in [1.807, 2.05) is 50.4 Å². The maximum Gasteiger partial charge on any atom is 0.137 e. The molecule has 164 valence electrons. The Morgan fingerprint density at radius 1 is 1.19 bits per heavy atom. The first kappa shape index (κ1) is 21.3. The van der Waals surface area contributed by atoms with E-state index in [1.54, 1.807) is 7.11 Å². The number of nitrogens with zero attached hydrogens (tertiary/aromatic N) is 3. The van der Waals surface area contributed by atoms with Gasteiger partial charge in [-0.15, -0.1) is 0 Å². The number of pyridine rings is 1. The van der Waals surface area contributed by atoms with Crippen LogP contribution in [0.4, 0.5) is 0 Å². The number of aromatic nitrogens is 2. The molecule has 0 saturated carbocycles. The third-order valence-corrected chi connectivity index (χ3v) is 5.62. The summed E-state index contributed by atoms with van der Waals surface area (Å²) in [5.74, 6) is 2.54. The minimum Gasteiger partial charge on any atom is -0.496 e. The van der Waals surface area contributed by atoms with Crippen molar-refractivity contribution in [2.45, 2.75) is 32.9 Å². The van der Waals surface area contributed by atoms with Gasteiger partial charge in [0.15, 0.2) is 0 Å². The molecular formula is C24H29N3O4. The van der Waals surface area contributed by atoms with Crippen LogP contribution < -0.4 is 9.47 Å². The lowest BCUT2D eigenvalue weighted by Gasteiger charge is -2.33. The van der Waals surface area contributed by atoms with E-state index < -0.39 is 0 Å². The number of hydrogen-bond donors (Lipinski definition) is 0. The fourth-order valence-electron chi connectivity index (χ4n) is 3.93. The third-order valence-electron chi connectivity index (χ3n) is 5.62. The predicted octanol–water partition coefficient (Wildman–Crippen LogP) is 3.89. The van der Waals surface area contributed by atoms with E-state index in [2.05, 4.69) is 21.1 Å². The first-order valence-corrected chi connectivity index (χ1v) is 10.6. The van der Waals surface area contributed by atoms with Crippen molar-refractivity contribution in [2.75, 3.05) is 33.4 Å². The summed E-state index contributed by atoms with van der Waals surface area (Å²) >= 11 is 0. The first-order valence-electron chi connectivity index (χ1n) is 10.6. The predicted molar refractivity (Wildman–Crippen MR) is 116 cm³/mol. The number of benzene rings is 1. The Kier molecular flexibility index (Phi) is 6.84. The van der Waals surface area contributed by atoms with Crippen LogP contribution in [-0.4, -0.2) is 48.5 Å². The summed E-state index contributed by atoms with van der Waals surface area (Å²) in [6.07, 6.45) is 2.55. The molecule has 31 heavy (non-hydrogen) atoms. The molecule has 2 aromatic heterocycles. The highest BCUT2D eigenvalue weighted by Crippen LogP contribution is 2.28. The van der Waals surface area contributed by atoms with Crippen LogP contribution >= 0.6 is 0 Å². The molecule has 1 saturated heterocycles. The molecule has 1 aromatic carbocycles. The third kappa shape index (κ3) is 5.24. The molecule has 0 radical (unpaired) electrons. The van der Waals surface area contributed by atoms with E-state index >= 15 is 0 Å². The Morgan fingerprint density at radius 2 is 2.10 bits per heavy atom. The lowest BCUT2D eigenvalue weighted by molar-refractivity contribution is -0.0351. The summed E-state index contributed by atoms with van der Waals surface area (Å²) in [6, 6.07) is 11.9. The minimum atomic E-state index is -0.0181. The largest absolute Gasteiger partial charge is 0.496 e. The van der Waals surface area contributed by atoms with Gasteiger partial charge >= 0.3 is 0 Å². The highest BCUT2D eigenvalue weighted by Gasteiger charge is 2.23. The van der Waals surface area contributed by atoms with Crippen LogP contribution in [0, 0.1) is 13.8 Å². The minimum absolute atomic E-state index is 0.0181. The molecule has 0 spiro atoms. The van der Waals surface area contributed by atoms with E-state index in [4.69, 9.17) is 18.7 Å². The van der Waals surface area contributed by atoms with Crippen LogP contribution in [0.5, 0.6) is 11.5 Å². The second-order valence-electron chi connectivity index (χ2n) is 7.72. The molecule has 1 aliphatic rings. The van der Waals surface area contributed by atoms with Gasteiger partial charge in [-0.2, -0.15) is 0 Å². The first-order chi connectivity index (χ1) is 15.1. The van der Waals surface area contributed by atoms with Crippen molar-refractivity contribution >= 4 is 0 Å². The quantitative estimate of drug-likeness (QED) is 0.544. The maximum absolute atomic E-state index is 6.03. The number of methoxy groups -OCH3 is 1. The van der Waals surface area contributed by atoms with Gasteiger partial charge in [-0.3, -0.25) is 9.88 Å². The molecule has 0 bridgehead atoms. The van der Waals surface area contributed by atoms with E-state index in [9.17, 15) is 0 Å². The molecular weight excluding hydrogens is 394 g/mol. The molecule has 3 heterocycles. The van der Waals surface area contributed by atoms with Crippen LogP contribution in [0.25, 0.3) is 0 Å². The summed E-state index contributed by atoms with van der Waals surface area (Å²) in [5.41, 5.74) is 4.10. The van der Waals surface area contributed by atoms with Gasteiger partial charge in [0.2, 0.25) is 0 Å². The molecule has 0 aliphatic carbocycles. The zero-order chi connectivity index (χ0) is 21.6. The second-order valence-corrected chi connectivity index (χ2v) is 7.72. The molecule has 7 nitrogen and oxygen atoms in total. The van der Waals surface area contributed by atoms with Crippen molar-refractivity contribution in [3.05, 3.63) is 70.9 Å². The number of hydrogen-bond acceptors (Lipinski definition) is 7. The van der Waals surface area contributed by atoms with Crippen molar-refractivity contribution in [1.82, 2.24) is 15.0 Å². The van der Waals surface area contributed by atoms with Crippen molar-refractivity contribution in [3.63, 3.8) is 0 Å². The van der Waals surface area contributed by atoms with Gasteiger partial charge in [0.1, 0.15) is 23.4 Å². The lowest BCUT2D eigenvalue weighted by Crippen LogP contribution is -2.38. The summed E-state index contributed by atoms with van der Waals surface area (Å²) in [6.45, 7) is 7.54. The summed E-state index contributed by atoms with van der Waals surface area (Å²) in [7, 11) is 1.70. The zero-order valence-electron chi connectivity index (χ0n) is 18.3. The van der Waals surface area contributed by atoms with Gasteiger partial charge in [-0.1, -0.05) is 11.2 Å². The number of morpholine rings is 1. The Bertz CT molecular complexity index is 970. The molecule has 1 aliphatic heterocycles. The van der Waals surface area contributed by atoms with Crippen molar-refractivity contribution in [1.29, 1.82) is 0 Å². The summed E-state index contributed by atoms with van der Waals surface area (Å²) in [5, 5.41) is 4.00. The van der Waals surface area contributed by atoms with Crippen LogP contribution in [0.3, 0.4) is 0 Å². The van der Waals surface area contributed by atoms with Crippen LogP contribution in [-0.2, 0) is 17.7 Å². The normalized spacial score (nSPS) is 16.9. The smallest absolute Gasteiger partial charge is 0.137 e. The monoisotopic (exact) mass is 423 g/mol. The Hall–Kier alpha value is -2.90. The zero-order valence-corrected chi connectivity index (χ0v) is 18.3. The highest BCUT2D eigenvalue weighted by atomic mass is 16.5. The average Bonchev–Trinajstić information content (AvgIpc) is 3.12. The molecule has 1 unspecified atom stereocenters. The fraction of sp³-hybridized carbons (Fsp3) is 0.417. The molecule has 1 atom stereocenters. The highest BCUT2D eigenvalue weighted by molar-refractivity contribution is 5.40. The van der Waals surface area contributed by atoms with E-state index in [0.717, 1.165) is 65.8 Å². The van der Waals surface area contributed by atoms with Crippen LogP contribution in [0.15, 0.2) is 47.1 Å². The van der Waals surface area contributed by atoms with Gasteiger partial charge in [-0.25, -0.2) is 0 Å². The standard InChI is InChI=1S/C24H29N3O4/c1-17-21(18(2)31-26-17)9-12-29-20-7-8-23(28-3)19(14-20)15-27-11-13-30-24(16-27)22-6-4-5-10-25-22/h4-8,10,14,24H,9,11-13,15-16H2,1-3H3. The molecule has 4 rings (SSSR count).